The molecule has 2 aromatic carbocycles. The zero-order chi connectivity index (χ0) is 17.6. The maximum Gasteiger partial charge on any atom is 0.360 e. The molecule has 0 aliphatic carbocycles. The number of anilines is 2. The van der Waals surface area contributed by atoms with Crippen LogP contribution in [0.15, 0.2) is 63.8 Å². The fraction of sp³-hybridized carbons (Fsp3) is 0.111. The molecule has 0 atom stereocenters. The zero-order valence-electron chi connectivity index (χ0n) is 13.1. The Labute approximate surface area is 148 Å². The molecule has 0 radical (unpaired) electrons. The van der Waals surface area contributed by atoms with E-state index in [1.165, 1.54) is 0 Å². The lowest BCUT2D eigenvalue weighted by Gasteiger charge is -2.09. The van der Waals surface area contributed by atoms with Crippen LogP contribution in [-0.2, 0) is 4.79 Å². The Balaban J connectivity index is 1.68. The van der Waals surface area contributed by atoms with Gasteiger partial charge in [-0.25, -0.2) is 4.79 Å². The molecule has 3 aromatic rings. The summed E-state index contributed by atoms with van der Waals surface area (Å²) in [5.41, 5.74) is 1.16. The van der Waals surface area contributed by atoms with E-state index in [9.17, 15) is 9.59 Å². The molecule has 0 spiro atoms. The minimum Gasteiger partial charge on any atom is -0.473 e. The van der Waals surface area contributed by atoms with Crippen molar-refractivity contribution in [3.05, 3.63) is 65.0 Å². The number of carbonyl (C=O) groups excluding carboxylic acids is 1. The Hall–Kier alpha value is -2.99. The van der Waals surface area contributed by atoms with Crippen molar-refractivity contribution < 1.29 is 13.9 Å². The number of halogens is 1. The van der Waals surface area contributed by atoms with E-state index >= 15 is 0 Å². The smallest absolute Gasteiger partial charge is 0.360 e. The van der Waals surface area contributed by atoms with E-state index in [0.717, 1.165) is 5.39 Å². The second kappa shape index (κ2) is 7.72. The van der Waals surface area contributed by atoms with Crippen LogP contribution in [0.25, 0.3) is 11.0 Å². The topological polar surface area (TPSA) is 80.6 Å². The second-order valence-electron chi connectivity index (χ2n) is 5.16. The lowest BCUT2D eigenvalue weighted by Crippen LogP contribution is -2.28. The monoisotopic (exact) mass is 358 g/mol. The van der Waals surface area contributed by atoms with Gasteiger partial charge in [0.25, 0.3) is 0 Å². The molecule has 6 nitrogen and oxygen atoms in total. The Morgan fingerprint density at radius 1 is 1.12 bits per heavy atom. The number of alkyl halides is 1. The first-order valence-corrected chi connectivity index (χ1v) is 8.04. The third kappa shape index (κ3) is 4.30. The first-order valence-electron chi connectivity index (χ1n) is 7.51. The van der Waals surface area contributed by atoms with Crippen molar-refractivity contribution in [2.75, 3.05) is 17.9 Å². The molecule has 1 aromatic heterocycles. The van der Waals surface area contributed by atoms with Gasteiger partial charge in [0.05, 0.1) is 0 Å². The first kappa shape index (κ1) is 16.9. The van der Waals surface area contributed by atoms with Crippen molar-refractivity contribution in [3.8, 4) is 5.75 Å². The number of hydrogen-bond donors (Lipinski definition) is 2. The van der Waals surface area contributed by atoms with Gasteiger partial charge in [-0.1, -0.05) is 18.2 Å². The number of rotatable bonds is 6. The quantitative estimate of drug-likeness (QED) is 0.402. The highest BCUT2D eigenvalue weighted by Gasteiger charge is 2.05. The lowest BCUT2D eigenvalue weighted by molar-refractivity contribution is -0.119. The van der Waals surface area contributed by atoms with Crippen molar-refractivity contribution in [3.63, 3.8) is 0 Å². The molecule has 0 saturated carbocycles. The lowest BCUT2D eigenvalue weighted by atomic mass is 10.2. The van der Waals surface area contributed by atoms with E-state index in [1.807, 2.05) is 18.2 Å². The van der Waals surface area contributed by atoms with Gasteiger partial charge in [0.15, 0.2) is 6.73 Å². The third-order valence-corrected chi connectivity index (χ3v) is 3.65. The highest BCUT2D eigenvalue weighted by Crippen LogP contribution is 2.21. The first-order chi connectivity index (χ1) is 12.2. The van der Waals surface area contributed by atoms with Gasteiger partial charge in [0.2, 0.25) is 5.91 Å². The van der Waals surface area contributed by atoms with Gasteiger partial charge in [-0.05, 0) is 36.4 Å². The molecule has 0 aliphatic heterocycles. The van der Waals surface area contributed by atoms with Crippen molar-refractivity contribution in [1.82, 2.24) is 5.32 Å². The highest BCUT2D eigenvalue weighted by molar-refractivity contribution is 6.27. The summed E-state index contributed by atoms with van der Waals surface area (Å²) in [6.07, 6.45) is 0. The van der Waals surface area contributed by atoms with E-state index in [4.69, 9.17) is 20.8 Å². The van der Waals surface area contributed by atoms with E-state index in [2.05, 4.69) is 10.6 Å². The number of benzene rings is 2. The fourth-order valence-corrected chi connectivity index (χ4v) is 2.28. The molecule has 0 saturated heterocycles. The Bertz CT molecular complexity index is 938. The zero-order valence-corrected chi connectivity index (χ0v) is 13.9. The molecule has 1 heterocycles. The molecule has 0 unspecified atom stereocenters. The van der Waals surface area contributed by atoms with Crippen LogP contribution in [0.5, 0.6) is 5.75 Å². The molecule has 2 N–H and O–H groups in total. The minimum absolute atomic E-state index is 0.0343. The summed E-state index contributed by atoms with van der Waals surface area (Å²) in [7, 11) is 0. The predicted molar refractivity (Wildman–Crippen MR) is 96.6 cm³/mol. The number of amides is 1. The third-order valence-electron chi connectivity index (χ3n) is 3.40. The molecule has 7 heteroatoms. The molecular formula is C18H15ClN2O4. The highest BCUT2D eigenvalue weighted by atomic mass is 35.5. The van der Waals surface area contributed by atoms with E-state index in [0.29, 0.717) is 22.7 Å². The standard InChI is InChI=1S/C18H15ClN2O4/c19-10-17(22)20-11-24-14-7-5-13(6-8-14)21-15-9-12-3-1-2-4-16(12)25-18(15)23/h1-9,21H,10-11H2,(H,20,22). The molecule has 0 aliphatic rings. The van der Waals surface area contributed by atoms with Crippen molar-refractivity contribution >= 4 is 39.9 Å². The molecular weight excluding hydrogens is 344 g/mol. The summed E-state index contributed by atoms with van der Waals surface area (Å²) >= 11 is 5.37. The molecule has 25 heavy (non-hydrogen) atoms. The Kier molecular flexibility index (Phi) is 5.20. The maximum absolute atomic E-state index is 12.0. The van der Waals surface area contributed by atoms with Gasteiger partial charge >= 0.3 is 5.63 Å². The summed E-state index contributed by atoms with van der Waals surface area (Å²) in [5, 5.41) is 6.36. The van der Waals surface area contributed by atoms with Crippen LogP contribution in [-0.4, -0.2) is 18.5 Å². The van der Waals surface area contributed by atoms with Crippen LogP contribution in [0.1, 0.15) is 0 Å². The van der Waals surface area contributed by atoms with Crippen LogP contribution >= 0.6 is 11.6 Å². The normalized spacial score (nSPS) is 10.4. The number of ether oxygens (including phenoxy) is 1. The van der Waals surface area contributed by atoms with E-state index < -0.39 is 5.63 Å². The molecule has 1 amide bonds. The van der Waals surface area contributed by atoms with Crippen LogP contribution in [0.4, 0.5) is 11.4 Å². The van der Waals surface area contributed by atoms with Gasteiger partial charge < -0.3 is 19.8 Å². The van der Waals surface area contributed by atoms with Crippen LogP contribution < -0.4 is 21.0 Å². The number of nitrogens with one attached hydrogen (secondary N) is 2. The van der Waals surface area contributed by atoms with Gasteiger partial charge in [0, 0.05) is 11.1 Å². The molecule has 3 rings (SSSR count). The van der Waals surface area contributed by atoms with Crippen LogP contribution in [0.3, 0.4) is 0 Å². The maximum atomic E-state index is 12.0. The molecule has 0 fully saturated rings. The van der Waals surface area contributed by atoms with Crippen LogP contribution in [0, 0.1) is 0 Å². The largest absolute Gasteiger partial charge is 0.473 e. The Morgan fingerprint density at radius 3 is 2.64 bits per heavy atom. The number of hydrogen-bond acceptors (Lipinski definition) is 5. The van der Waals surface area contributed by atoms with Crippen molar-refractivity contribution in [2.45, 2.75) is 0 Å². The van der Waals surface area contributed by atoms with Gasteiger partial charge in [-0.15, -0.1) is 11.6 Å². The average molecular weight is 359 g/mol. The average Bonchev–Trinajstić information content (AvgIpc) is 2.63. The van der Waals surface area contributed by atoms with E-state index in [-0.39, 0.29) is 18.5 Å². The summed E-state index contributed by atoms with van der Waals surface area (Å²) in [6.45, 7) is 0.0343. The SMILES string of the molecule is O=C(CCl)NCOc1ccc(Nc2cc3ccccc3oc2=O)cc1. The second-order valence-corrected chi connectivity index (χ2v) is 5.42. The Morgan fingerprint density at radius 2 is 1.88 bits per heavy atom. The number of fused-ring (bicyclic) bond motifs is 1. The minimum atomic E-state index is -0.442. The summed E-state index contributed by atoms with van der Waals surface area (Å²) in [4.78, 5) is 23.0. The summed E-state index contributed by atoms with van der Waals surface area (Å²) in [6, 6.07) is 16.0. The van der Waals surface area contributed by atoms with Crippen molar-refractivity contribution in [1.29, 1.82) is 0 Å². The van der Waals surface area contributed by atoms with Gasteiger partial charge in [-0.3, -0.25) is 4.79 Å². The van der Waals surface area contributed by atoms with E-state index in [1.54, 1.807) is 36.4 Å². The number of para-hydroxylation sites is 1. The van der Waals surface area contributed by atoms with Crippen LogP contribution in [0.2, 0.25) is 0 Å². The van der Waals surface area contributed by atoms with Gasteiger partial charge in [-0.2, -0.15) is 0 Å². The molecule has 0 bridgehead atoms. The predicted octanol–water partition coefficient (Wildman–Crippen LogP) is 3.23. The number of carbonyl (C=O) groups is 1. The van der Waals surface area contributed by atoms with Gasteiger partial charge in [0.1, 0.15) is 22.9 Å². The van der Waals surface area contributed by atoms with Crippen molar-refractivity contribution in [2.24, 2.45) is 0 Å². The summed E-state index contributed by atoms with van der Waals surface area (Å²) in [5.74, 6) is 0.162. The fourth-order valence-electron chi connectivity index (χ4n) is 2.19. The summed E-state index contributed by atoms with van der Waals surface area (Å²) < 4.78 is 10.6. The molecule has 128 valence electrons.